The fourth-order valence-corrected chi connectivity index (χ4v) is 4.19. The number of hydrogen-bond donors (Lipinski definition) is 1. The van der Waals surface area contributed by atoms with Crippen LogP contribution < -0.4 is 10.1 Å². The summed E-state index contributed by atoms with van der Waals surface area (Å²) in [7, 11) is 0. The molecule has 0 spiro atoms. The Balaban J connectivity index is 1.36. The number of nitrogens with one attached hydrogen (secondary N) is 1. The maximum Gasteiger partial charge on any atom is 0.331 e. The van der Waals surface area contributed by atoms with Gasteiger partial charge in [-0.3, -0.25) is 19.8 Å². The van der Waals surface area contributed by atoms with Crippen LogP contribution in [0.2, 0.25) is 0 Å². The summed E-state index contributed by atoms with van der Waals surface area (Å²) in [4.78, 5) is 39.0. The normalized spacial score (nSPS) is 15.1. The Morgan fingerprint density at radius 1 is 1.00 bits per heavy atom. The predicted octanol–water partition coefficient (Wildman–Crippen LogP) is 4.67. The van der Waals surface area contributed by atoms with E-state index in [-0.39, 0.29) is 12.1 Å². The molecule has 1 fully saturated rings. The predicted molar refractivity (Wildman–Crippen MR) is 134 cm³/mol. The number of para-hydroxylation sites is 1. The molecule has 3 heterocycles. The van der Waals surface area contributed by atoms with E-state index in [0.29, 0.717) is 18.9 Å². The van der Waals surface area contributed by atoms with E-state index in [4.69, 9.17) is 9.15 Å². The number of rotatable bonds is 8. The number of aromatic nitrogens is 1. The molecule has 2 aromatic carbocycles. The molecular formula is C28H25N3O5. The molecule has 0 saturated carbocycles. The van der Waals surface area contributed by atoms with Crippen molar-refractivity contribution >= 4 is 34.8 Å². The average molecular weight is 484 g/mol. The van der Waals surface area contributed by atoms with Crippen LogP contribution >= 0.6 is 0 Å². The fraction of sp³-hybridized carbons (Fsp3) is 0.179. The molecule has 8 nitrogen and oxygen atoms in total. The van der Waals surface area contributed by atoms with Crippen molar-refractivity contribution in [2.24, 2.45) is 0 Å². The molecule has 0 radical (unpaired) electrons. The van der Waals surface area contributed by atoms with E-state index in [1.807, 2.05) is 61.7 Å². The summed E-state index contributed by atoms with van der Waals surface area (Å²) in [6, 6.07) is 18.3. The third-order valence-electron chi connectivity index (χ3n) is 6.03. The zero-order chi connectivity index (χ0) is 25.1. The van der Waals surface area contributed by atoms with Gasteiger partial charge < -0.3 is 13.7 Å². The van der Waals surface area contributed by atoms with Crippen molar-refractivity contribution in [1.82, 2.24) is 14.8 Å². The third kappa shape index (κ3) is 4.79. The number of imide groups is 2. The number of ether oxygens (including phenoxy) is 1. The molecule has 8 heteroatoms. The second-order valence-corrected chi connectivity index (χ2v) is 8.60. The van der Waals surface area contributed by atoms with Crippen molar-refractivity contribution in [1.29, 1.82) is 0 Å². The van der Waals surface area contributed by atoms with Crippen molar-refractivity contribution in [3.05, 3.63) is 95.6 Å². The van der Waals surface area contributed by atoms with Gasteiger partial charge in [-0.15, -0.1) is 0 Å². The van der Waals surface area contributed by atoms with E-state index in [1.165, 1.54) is 11.8 Å². The number of barbiturate groups is 1. The zero-order valence-electron chi connectivity index (χ0n) is 19.8. The molecule has 1 aliphatic rings. The first-order valence-corrected chi connectivity index (χ1v) is 11.7. The summed E-state index contributed by atoms with van der Waals surface area (Å²) in [6.07, 6.45) is 5.69. The molecule has 1 saturated heterocycles. The minimum atomic E-state index is -0.769. The molecule has 0 bridgehead atoms. The second-order valence-electron chi connectivity index (χ2n) is 8.60. The number of hydrogen-bond acceptors (Lipinski definition) is 5. The van der Waals surface area contributed by atoms with Gasteiger partial charge in [-0.05, 0) is 49.8 Å². The van der Waals surface area contributed by atoms with Gasteiger partial charge in [0.1, 0.15) is 17.1 Å². The Bertz CT molecular complexity index is 1450. The number of amides is 4. The number of nitrogens with zero attached hydrogens (tertiary/aromatic N) is 2. The highest BCUT2D eigenvalue weighted by Crippen LogP contribution is 2.26. The number of benzene rings is 2. The van der Waals surface area contributed by atoms with Gasteiger partial charge in [0.2, 0.25) is 0 Å². The molecule has 0 atom stereocenters. The van der Waals surface area contributed by atoms with Crippen LogP contribution in [0.1, 0.15) is 23.3 Å². The molecule has 0 unspecified atom stereocenters. The smallest absolute Gasteiger partial charge is 0.331 e. The second kappa shape index (κ2) is 9.95. The highest BCUT2D eigenvalue weighted by molar-refractivity contribution is 6.31. The number of carbonyl (C=O) groups is 3. The lowest BCUT2D eigenvalue weighted by Gasteiger charge is -2.25. The summed E-state index contributed by atoms with van der Waals surface area (Å²) >= 11 is 0. The van der Waals surface area contributed by atoms with Crippen LogP contribution in [-0.4, -0.2) is 33.9 Å². The fourth-order valence-electron chi connectivity index (χ4n) is 4.19. The van der Waals surface area contributed by atoms with Crippen molar-refractivity contribution in [2.45, 2.75) is 26.4 Å². The number of furan rings is 1. The van der Waals surface area contributed by atoms with Crippen molar-refractivity contribution in [2.75, 3.05) is 6.61 Å². The number of aryl methyl sites for hydroxylation is 2. The van der Waals surface area contributed by atoms with Gasteiger partial charge in [0.15, 0.2) is 0 Å². The van der Waals surface area contributed by atoms with E-state index >= 15 is 0 Å². The standard InChI is InChI=1S/C28H25N3O5/c1-19-9-11-21(12-10-19)35-15-5-13-30-17-20(23-7-2-3-8-25(23)30)16-24-26(32)29-28(34)31(27(24)33)18-22-6-4-14-36-22/h2-4,6-12,14,16-17H,5,13,15,18H2,1H3,(H,29,32,34)/b24-16+. The maximum absolute atomic E-state index is 13.1. The van der Waals surface area contributed by atoms with Crippen molar-refractivity contribution < 1.29 is 23.5 Å². The molecule has 4 aromatic rings. The average Bonchev–Trinajstić information content (AvgIpc) is 3.51. The lowest BCUT2D eigenvalue weighted by atomic mass is 10.1. The van der Waals surface area contributed by atoms with Gasteiger partial charge in [0.05, 0.1) is 19.4 Å². The molecule has 36 heavy (non-hydrogen) atoms. The highest BCUT2D eigenvalue weighted by atomic mass is 16.5. The Kier molecular flexibility index (Phi) is 6.40. The summed E-state index contributed by atoms with van der Waals surface area (Å²) in [5.74, 6) is -0.108. The van der Waals surface area contributed by atoms with E-state index < -0.39 is 17.8 Å². The van der Waals surface area contributed by atoms with Gasteiger partial charge in [0, 0.05) is 29.2 Å². The lowest BCUT2D eigenvalue weighted by Crippen LogP contribution is -2.53. The molecule has 5 rings (SSSR count). The van der Waals surface area contributed by atoms with Gasteiger partial charge >= 0.3 is 6.03 Å². The number of urea groups is 1. The Morgan fingerprint density at radius 2 is 1.81 bits per heavy atom. The van der Waals surface area contributed by atoms with Gasteiger partial charge in [-0.25, -0.2) is 4.79 Å². The Labute approximate surface area is 207 Å². The van der Waals surface area contributed by atoms with Crippen LogP contribution in [-0.2, 0) is 22.7 Å². The van der Waals surface area contributed by atoms with Crippen LogP contribution in [0, 0.1) is 6.92 Å². The van der Waals surface area contributed by atoms with Crippen molar-refractivity contribution in [3.8, 4) is 5.75 Å². The number of fused-ring (bicyclic) bond motifs is 1. The van der Waals surface area contributed by atoms with Crippen LogP contribution in [0.25, 0.3) is 17.0 Å². The van der Waals surface area contributed by atoms with Crippen molar-refractivity contribution in [3.63, 3.8) is 0 Å². The monoisotopic (exact) mass is 483 g/mol. The molecule has 1 aliphatic heterocycles. The molecule has 4 amide bonds. The van der Waals surface area contributed by atoms with Crippen LogP contribution in [0.3, 0.4) is 0 Å². The molecular weight excluding hydrogens is 458 g/mol. The first kappa shape index (κ1) is 23.2. The van der Waals surface area contributed by atoms with Gasteiger partial charge in [0.25, 0.3) is 11.8 Å². The Morgan fingerprint density at radius 3 is 2.58 bits per heavy atom. The third-order valence-corrected chi connectivity index (χ3v) is 6.03. The lowest BCUT2D eigenvalue weighted by molar-refractivity contribution is -0.130. The van der Waals surface area contributed by atoms with Gasteiger partial charge in [-0.1, -0.05) is 35.9 Å². The zero-order valence-corrected chi connectivity index (χ0v) is 19.8. The maximum atomic E-state index is 13.1. The molecule has 0 aliphatic carbocycles. The van der Waals surface area contributed by atoms with E-state index in [1.54, 1.807) is 18.2 Å². The first-order valence-electron chi connectivity index (χ1n) is 11.7. The highest BCUT2D eigenvalue weighted by Gasteiger charge is 2.36. The minimum Gasteiger partial charge on any atom is -0.494 e. The first-order chi connectivity index (χ1) is 17.5. The summed E-state index contributed by atoms with van der Waals surface area (Å²) in [6.45, 7) is 3.22. The molecule has 1 N–H and O–H groups in total. The minimum absolute atomic E-state index is 0.0645. The largest absolute Gasteiger partial charge is 0.494 e. The summed E-state index contributed by atoms with van der Waals surface area (Å²) in [5, 5.41) is 3.15. The van der Waals surface area contributed by atoms with E-state index in [9.17, 15) is 14.4 Å². The SMILES string of the molecule is Cc1ccc(OCCCn2cc(/C=C3\C(=O)NC(=O)N(Cc4ccco4)C3=O)c3ccccc32)cc1. The number of carbonyl (C=O) groups excluding carboxylic acids is 3. The quantitative estimate of drug-likeness (QED) is 0.223. The Hall–Kier alpha value is -4.59. The van der Waals surface area contributed by atoms with E-state index in [0.717, 1.165) is 33.5 Å². The van der Waals surface area contributed by atoms with Gasteiger partial charge in [-0.2, -0.15) is 0 Å². The summed E-state index contributed by atoms with van der Waals surface area (Å²) < 4.78 is 13.2. The molecule has 182 valence electrons. The molecule has 2 aromatic heterocycles. The van der Waals surface area contributed by atoms with Crippen LogP contribution in [0.15, 0.2) is 83.1 Å². The van der Waals surface area contributed by atoms with Crippen LogP contribution in [0.4, 0.5) is 4.79 Å². The topological polar surface area (TPSA) is 93.8 Å². The summed E-state index contributed by atoms with van der Waals surface area (Å²) in [5.41, 5.74) is 2.77. The van der Waals surface area contributed by atoms with E-state index in [2.05, 4.69) is 9.88 Å². The van der Waals surface area contributed by atoms with Crippen LogP contribution in [0.5, 0.6) is 5.75 Å².